The molecule has 0 spiro atoms. The molecule has 0 aromatic heterocycles. The van der Waals surface area contributed by atoms with Crippen molar-refractivity contribution in [3.8, 4) is 0 Å². The number of benzene rings is 2. The number of carbonyl (C=O) groups excluding carboxylic acids is 1. The zero-order valence-electron chi connectivity index (χ0n) is 15.1. The SMILES string of the molecule is O=C(CC[NH+]1CC[NH+](C/C=C/c2ccccc2)CC1)c1ccc(Cl)cc1. The predicted molar refractivity (Wildman–Crippen MR) is 107 cm³/mol. The van der Waals surface area contributed by atoms with Crippen molar-refractivity contribution in [3.05, 3.63) is 76.8 Å². The average Bonchev–Trinajstić information content (AvgIpc) is 2.68. The predicted octanol–water partition coefficient (Wildman–Crippen LogP) is 1.41. The maximum Gasteiger partial charge on any atom is 0.168 e. The van der Waals surface area contributed by atoms with Crippen molar-refractivity contribution in [3.63, 3.8) is 0 Å². The number of piperazine rings is 1. The summed E-state index contributed by atoms with van der Waals surface area (Å²) in [5.74, 6) is 0.217. The first-order valence-corrected chi connectivity index (χ1v) is 9.76. The van der Waals surface area contributed by atoms with Crippen molar-refractivity contribution >= 4 is 23.5 Å². The standard InChI is InChI=1S/C22H25ClN2O/c23-21-10-8-20(9-11-21)22(26)12-14-25-17-15-24(16-18-25)13-4-7-19-5-2-1-3-6-19/h1-11H,12-18H2/p+2/b7-4+. The van der Waals surface area contributed by atoms with Crippen molar-refractivity contribution < 1.29 is 14.6 Å². The Morgan fingerprint density at radius 1 is 0.923 bits per heavy atom. The van der Waals surface area contributed by atoms with Crippen LogP contribution in [0.5, 0.6) is 0 Å². The molecule has 1 aliphatic heterocycles. The molecule has 0 radical (unpaired) electrons. The molecule has 1 aliphatic rings. The first-order chi connectivity index (χ1) is 12.7. The molecule has 0 saturated carbocycles. The van der Waals surface area contributed by atoms with Crippen LogP contribution in [0.4, 0.5) is 0 Å². The van der Waals surface area contributed by atoms with Gasteiger partial charge < -0.3 is 9.80 Å². The number of hydrogen-bond acceptors (Lipinski definition) is 1. The van der Waals surface area contributed by atoms with Gasteiger partial charge in [0.1, 0.15) is 26.2 Å². The van der Waals surface area contributed by atoms with E-state index < -0.39 is 0 Å². The monoisotopic (exact) mass is 370 g/mol. The Bertz CT molecular complexity index is 720. The molecule has 2 aromatic carbocycles. The van der Waals surface area contributed by atoms with Gasteiger partial charge in [0.2, 0.25) is 0 Å². The molecule has 0 amide bonds. The van der Waals surface area contributed by atoms with Gasteiger partial charge in [-0.25, -0.2) is 0 Å². The smallest absolute Gasteiger partial charge is 0.168 e. The summed E-state index contributed by atoms with van der Waals surface area (Å²) < 4.78 is 0. The van der Waals surface area contributed by atoms with Crippen LogP contribution < -0.4 is 9.80 Å². The van der Waals surface area contributed by atoms with E-state index in [1.54, 1.807) is 21.9 Å². The number of Topliss-reactive ketones (excluding diaryl/α,β-unsaturated/α-hetero) is 1. The summed E-state index contributed by atoms with van der Waals surface area (Å²) in [5, 5.41) is 0.674. The fourth-order valence-electron chi connectivity index (χ4n) is 3.41. The molecule has 2 N–H and O–H groups in total. The van der Waals surface area contributed by atoms with Crippen molar-refractivity contribution in [2.45, 2.75) is 6.42 Å². The minimum atomic E-state index is 0.217. The van der Waals surface area contributed by atoms with E-state index in [1.165, 1.54) is 18.7 Å². The molecule has 1 saturated heterocycles. The topological polar surface area (TPSA) is 26.0 Å². The third-order valence-corrected chi connectivity index (χ3v) is 5.30. The highest BCUT2D eigenvalue weighted by Crippen LogP contribution is 2.10. The summed E-state index contributed by atoms with van der Waals surface area (Å²) in [6, 6.07) is 17.7. The lowest BCUT2D eigenvalue weighted by Gasteiger charge is -2.29. The van der Waals surface area contributed by atoms with Crippen LogP contribution in [-0.4, -0.2) is 45.1 Å². The second-order valence-corrected chi connectivity index (χ2v) is 7.38. The van der Waals surface area contributed by atoms with Gasteiger partial charge in [0, 0.05) is 10.6 Å². The number of rotatable bonds is 7. The van der Waals surface area contributed by atoms with Gasteiger partial charge in [-0.2, -0.15) is 0 Å². The Morgan fingerprint density at radius 3 is 2.27 bits per heavy atom. The normalized spacial score (nSPS) is 20.3. The number of nitrogens with one attached hydrogen (secondary N) is 2. The summed E-state index contributed by atoms with van der Waals surface area (Å²) in [4.78, 5) is 15.4. The molecule has 2 aromatic rings. The van der Waals surface area contributed by atoms with Gasteiger partial charge in [-0.05, 0) is 35.9 Å². The van der Waals surface area contributed by atoms with Gasteiger partial charge in [0.15, 0.2) is 5.78 Å². The second kappa shape index (κ2) is 9.67. The molecular weight excluding hydrogens is 344 g/mol. The van der Waals surface area contributed by atoms with Crippen molar-refractivity contribution in [2.75, 3.05) is 39.3 Å². The van der Waals surface area contributed by atoms with Crippen LogP contribution in [0.2, 0.25) is 5.02 Å². The van der Waals surface area contributed by atoms with Crippen molar-refractivity contribution in [2.24, 2.45) is 0 Å². The average molecular weight is 371 g/mol. The molecule has 4 heteroatoms. The number of halogens is 1. The van der Waals surface area contributed by atoms with E-state index in [2.05, 4.69) is 36.4 Å². The molecule has 1 fully saturated rings. The van der Waals surface area contributed by atoms with Crippen LogP contribution in [-0.2, 0) is 0 Å². The molecular formula is C22H27ClN2O+2. The maximum atomic E-state index is 12.3. The van der Waals surface area contributed by atoms with Crippen LogP contribution in [0, 0.1) is 0 Å². The minimum Gasteiger partial charge on any atom is -0.325 e. The summed E-state index contributed by atoms with van der Waals surface area (Å²) in [6.07, 6.45) is 5.09. The van der Waals surface area contributed by atoms with E-state index in [0.29, 0.717) is 11.4 Å². The van der Waals surface area contributed by atoms with E-state index >= 15 is 0 Å². The third kappa shape index (κ3) is 5.80. The molecule has 1 heterocycles. The molecule has 3 rings (SSSR count). The van der Waals surface area contributed by atoms with Crippen LogP contribution in [0.25, 0.3) is 6.08 Å². The summed E-state index contributed by atoms with van der Waals surface area (Å²) in [5.41, 5.74) is 2.03. The first kappa shape index (κ1) is 18.8. The van der Waals surface area contributed by atoms with E-state index in [1.807, 2.05) is 18.2 Å². The van der Waals surface area contributed by atoms with Crippen molar-refractivity contribution in [1.82, 2.24) is 0 Å². The Hall–Kier alpha value is -1.94. The first-order valence-electron chi connectivity index (χ1n) is 9.38. The number of quaternary nitrogens is 2. The zero-order valence-corrected chi connectivity index (χ0v) is 15.8. The van der Waals surface area contributed by atoms with Gasteiger partial charge >= 0.3 is 0 Å². The lowest BCUT2D eigenvalue weighted by molar-refractivity contribution is -1.01. The summed E-state index contributed by atoms with van der Waals surface area (Å²) in [7, 11) is 0. The molecule has 136 valence electrons. The van der Waals surface area contributed by atoms with Crippen LogP contribution in [0.1, 0.15) is 22.3 Å². The van der Waals surface area contributed by atoms with Crippen LogP contribution >= 0.6 is 11.6 Å². The van der Waals surface area contributed by atoms with E-state index in [4.69, 9.17) is 11.6 Å². The molecule has 0 unspecified atom stereocenters. The third-order valence-electron chi connectivity index (χ3n) is 5.05. The molecule has 0 bridgehead atoms. The molecule has 0 atom stereocenters. The molecule has 26 heavy (non-hydrogen) atoms. The van der Waals surface area contributed by atoms with Gasteiger partial charge in [-0.3, -0.25) is 4.79 Å². The van der Waals surface area contributed by atoms with E-state index in [9.17, 15) is 4.79 Å². The Balaban J connectivity index is 1.36. The number of carbonyl (C=O) groups is 1. The number of ketones is 1. The van der Waals surface area contributed by atoms with Gasteiger partial charge in [0.25, 0.3) is 0 Å². The second-order valence-electron chi connectivity index (χ2n) is 6.95. The fourth-order valence-corrected chi connectivity index (χ4v) is 3.53. The minimum absolute atomic E-state index is 0.217. The quantitative estimate of drug-likeness (QED) is 0.708. The Labute approximate surface area is 160 Å². The van der Waals surface area contributed by atoms with Crippen molar-refractivity contribution in [1.29, 1.82) is 0 Å². The molecule has 3 nitrogen and oxygen atoms in total. The maximum absolute atomic E-state index is 12.3. The largest absolute Gasteiger partial charge is 0.325 e. The number of hydrogen-bond donors (Lipinski definition) is 2. The highest BCUT2D eigenvalue weighted by atomic mass is 35.5. The lowest BCUT2D eigenvalue weighted by Crippen LogP contribution is -3.28. The van der Waals surface area contributed by atoms with E-state index in [0.717, 1.165) is 31.7 Å². The highest BCUT2D eigenvalue weighted by Gasteiger charge is 2.22. The van der Waals surface area contributed by atoms with Crippen LogP contribution in [0.15, 0.2) is 60.7 Å². The highest BCUT2D eigenvalue weighted by molar-refractivity contribution is 6.30. The summed E-state index contributed by atoms with van der Waals surface area (Å²) in [6.45, 7) is 6.62. The van der Waals surface area contributed by atoms with E-state index in [-0.39, 0.29) is 5.78 Å². The molecule has 0 aliphatic carbocycles. The Kier molecular flexibility index (Phi) is 7.01. The van der Waals surface area contributed by atoms with Gasteiger partial charge in [-0.15, -0.1) is 0 Å². The van der Waals surface area contributed by atoms with Gasteiger partial charge in [0.05, 0.1) is 19.5 Å². The fraction of sp³-hybridized carbons (Fsp3) is 0.318. The summed E-state index contributed by atoms with van der Waals surface area (Å²) >= 11 is 5.88. The Morgan fingerprint density at radius 2 is 1.58 bits per heavy atom. The lowest BCUT2D eigenvalue weighted by atomic mass is 10.1. The van der Waals surface area contributed by atoms with Gasteiger partial charge in [-0.1, -0.05) is 48.0 Å². The zero-order chi connectivity index (χ0) is 18.2. The van der Waals surface area contributed by atoms with Crippen LogP contribution in [0.3, 0.4) is 0 Å².